The van der Waals surface area contributed by atoms with E-state index < -0.39 is 26.2 Å². The van der Waals surface area contributed by atoms with Gasteiger partial charge >= 0.3 is 5.69 Å². The zero-order valence-corrected chi connectivity index (χ0v) is 9.71. The summed E-state index contributed by atoms with van der Waals surface area (Å²) in [7, 11) is -3.83. The van der Waals surface area contributed by atoms with Crippen LogP contribution in [0.25, 0.3) is 0 Å². The minimum atomic E-state index is -3.83. The van der Waals surface area contributed by atoms with E-state index in [0.29, 0.717) is 26.2 Å². The second kappa shape index (κ2) is 4.43. The molecule has 1 aliphatic heterocycles. The normalized spacial score (nSPS) is 18.1. The SMILES string of the molecule is O=c1[nH]cc(S(=O)(=O)N2CCNCC2)c(=O)[nH]1. The lowest BCUT2D eigenvalue weighted by Crippen LogP contribution is -2.47. The van der Waals surface area contributed by atoms with Gasteiger partial charge in [0.2, 0.25) is 10.0 Å². The molecule has 1 saturated heterocycles. The highest BCUT2D eigenvalue weighted by atomic mass is 32.2. The number of nitrogens with one attached hydrogen (secondary N) is 3. The van der Waals surface area contributed by atoms with E-state index in [0.717, 1.165) is 6.20 Å². The molecular weight excluding hydrogens is 248 g/mol. The molecule has 2 rings (SSSR count). The number of hydrogen-bond acceptors (Lipinski definition) is 5. The molecule has 8 nitrogen and oxygen atoms in total. The van der Waals surface area contributed by atoms with E-state index in [-0.39, 0.29) is 0 Å². The quantitative estimate of drug-likeness (QED) is 0.551. The summed E-state index contributed by atoms with van der Waals surface area (Å²) in [5.41, 5.74) is -1.62. The van der Waals surface area contributed by atoms with E-state index in [9.17, 15) is 18.0 Å². The summed E-state index contributed by atoms with van der Waals surface area (Å²) in [4.78, 5) is 25.9. The third-order valence-corrected chi connectivity index (χ3v) is 4.38. The lowest BCUT2D eigenvalue weighted by atomic mass is 10.4. The van der Waals surface area contributed by atoms with Crippen LogP contribution in [0.4, 0.5) is 0 Å². The summed E-state index contributed by atoms with van der Waals surface area (Å²) in [6.07, 6.45) is 0.929. The molecule has 0 aliphatic carbocycles. The highest BCUT2D eigenvalue weighted by Crippen LogP contribution is 2.10. The van der Waals surface area contributed by atoms with Gasteiger partial charge in [-0.1, -0.05) is 0 Å². The highest BCUT2D eigenvalue weighted by Gasteiger charge is 2.28. The molecule has 17 heavy (non-hydrogen) atoms. The third-order valence-electron chi connectivity index (χ3n) is 2.48. The van der Waals surface area contributed by atoms with Gasteiger partial charge in [0.25, 0.3) is 5.56 Å². The van der Waals surface area contributed by atoms with Crippen molar-refractivity contribution >= 4 is 10.0 Å². The number of hydrogen-bond donors (Lipinski definition) is 3. The van der Waals surface area contributed by atoms with Gasteiger partial charge in [-0.05, 0) is 0 Å². The number of piperazine rings is 1. The van der Waals surface area contributed by atoms with Gasteiger partial charge in [0.15, 0.2) is 4.90 Å². The number of nitrogens with zero attached hydrogens (tertiary/aromatic N) is 1. The molecule has 0 saturated carbocycles. The molecule has 9 heteroatoms. The molecule has 1 aromatic rings. The Balaban J connectivity index is 2.44. The van der Waals surface area contributed by atoms with Crippen LogP contribution in [0.15, 0.2) is 20.7 Å². The highest BCUT2D eigenvalue weighted by molar-refractivity contribution is 7.89. The Labute approximate surface area is 96.7 Å². The molecule has 3 N–H and O–H groups in total. The molecule has 1 aliphatic rings. The number of H-pyrrole nitrogens is 2. The van der Waals surface area contributed by atoms with Crippen LogP contribution >= 0.6 is 0 Å². The van der Waals surface area contributed by atoms with Gasteiger partial charge in [-0.15, -0.1) is 0 Å². The minimum Gasteiger partial charge on any atom is -0.314 e. The van der Waals surface area contributed by atoms with Crippen molar-refractivity contribution in [3.63, 3.8) is 0 Å². The summed E-state index contributed by atoms with van der Waals surface area (Å²) in [6.45, 7) is 1.70. The Morgan fingerprint density at radius 1 is 1.18 bits per heavy atom. The summed E-state index contributed by atoms with van der Waals surface area (Å²) in [5.74, 6) is 0. The molecule has 0 bridgehead atoms. The van der Waals surface area contributed by atoms with Crippen LogP contribution in [0.3, 0.4) is 0 Å². The molecule has 0 spiro atoms. The maximum absolute atomic E-state index is 12.1. The second-order valence-electron chi connectivity index (χ2n) is 3.59. The Hall–Kier alpha value is -1.45. The monoisotopic (exact) mass is 260 g/mol. The molecule has 0 radical (unpaired) electrons. The zero-order chi connectivity index (χ0) is 12.5. The predicted octanol–water partition coefficient (Wildman–Crippen LogP) is -2.34. The second-order valence-corrected chi connectivity index (χ2v) is 5.50. The van der Waals surface area contributed by atoms with E-state index in [4.69, 9.17) is 0 Å². The van der Waals surface area contributed by atoms with Gasteiger partial charge in [0.1, 0.15) is 0 Å². The molecule has 1 fully saturated rings. The first-order valence-electron chi connectivity index (χ1n) is 5.05. The van der Waals surface area contributed by atoms with Gasteiger partial charge in [0, 0.05) is 32.4 Å². The summed E-state index contributed by atoms with van der Waals surface area (Å²) in [6, 6.07) is 0. The van der Waals surface area contributed by atoms with E-state index in [1.165, 1.54) is 4.31 Å². The maximum atomic E-state index is 12.1. The Bertz CT molecular complexity index is 611. The van der Waals surface area contributed by atoms with Crippen LogP contribution in [0.5, 0.6) is 0 Å². The smallest absolute Gasteiger partial charge is 0.314 e. The van der Waals surface area contributed by atoms with Crippen molar-refractivity contribution in [3.8, 4) is 0 Å². The number of rotatable bonds is 2. The van der Waals surface area contributed by atoms with Crippen LogP contribution in [-0.4, -0.2) is 48.9 Å². The molecule has 0 unspecified atom stereocenters. The standard InChI is InChI=1S/C8H12N4O4S/c13-7-6(5-10-8(14)11-7)17(15,16)12-3-1-9-2-4-12/h5,9H,1-4H2,(H2,10,11,13,14). The van der Waals surface area contributed by atoms with E-state index >= 15 is 0 Å². The Morgan fingerprint density at radius 3 is 2.41 bits per heavy atom. The Kier molecular flexibility index (Phi) is 3.13. The van der Waals surface area contributed by atoms with Crippen LogP contribution in [0.1, 0.15) is 0 Å². The maximum Gasteiger partial charge on any atom is 0.325 e. The van der Waals surface area contributed by atoms with Gasteiger partial charge in [-0.25, -0.2) is 13.2 Å². The summed E-state index contributed by atoms with van der Waals surface area (Å²) in [5, 5.41) is 3.01. The number of aromatic amines is 2. The molecular formula is C8H12N4O4S. The van der Waals surface area contributed by atoms with Gasteiger partial charge in [0.05, 0.1) is 0 Å². The third kappa shape index (κ3) is 2.30. The van der Waals surface area contributed by atoms with Crippen LogP contribution < -0.4 is 16.6 Å². The van der Waals surface area contributed by atoms with Crippen molar-refractivity contribution in [1.82, 2.24) is 19.6 Å². The summed E-state index contributed by atoms with van der Waals surface area (Å²) < 4.78 is 25.4. The first kappa shape index (κ1) is 12.0. The van der Waals surface area contributed by atoms with Crippen molar-refractivity contribution in [2.24, 2.45) is 0 Å². The van der Waals surface area contributed by atoms with Gasteiger partial charge in [-0.2, -0.15) is 4.31 Å². The number of aromatic nitrogens is 2. The largest absolute Gasteiger partial charge is 0.325 e. The van der Waals surface area contributed by atoms with Crippen LogP contribution in [-0.2, 0) is 10.0 Å². The Morgan fingerprint density at radius 2 is 1.82 bits per heavy atom. The minimum absolute atomic E-state index is 0.306. The first-order valence-corrected chi connectivity index (χ1v) is 6.49. The van der Waals surface area contributed by atoms with E-state index in [2.05, 4.69) is 10.3 Å². The molecule has 94 valence electrons. The fourth-order valence-electron chi connectivity index (χ4n) is 1.61. The lowest BCUT2D eigenvalue weighted by Gasteiger charge is -2.25. The van der Waals surface area contributed by atoms with Crippen LogP contribution in [0, 0.1) is 0 Å². The average molecular weight is 260 g/mol. The fraction of sp³-hybridized carbons (Fsp3) is 0.500. The average Bonchev–Trinajstić information content (AvgIpc) is 2.29. The molecule has 0 amide bonds. The molecule has 0 atom stereocenters. The predicted molar refractivity (Wildman–Crippen MR) is 59.3 cm³/mol. The lowest BCUT2D eigenvalue weighted by molar-refractivity contribution is 0.359. The van der Waals surface area contributed by atoms with Gasteiger partial charge < -0.3 is 10.3 Å². The molecule has 2 heterocycles. The fourth-order valence-corrected chi connectivity index (χ4v) is 3.05. The number of sulfonamides is 1. The molecule has 0 aromatic carbocycles. The first-order chi connectivity index (χ1) is 8.01. The topological polar surface area (TPSA) is 115 Å². The molecule has 1 aromatic heterocycles. The van der Waals surface area contributed by atoms with E-state index in [1.807, 2.05) is 4.98 Å². The van der Waals surface area contributed by atoms with Crippen molar-refractivity contribution in [3.05, 3.63) is 27.0 Å². The van der Waals surface area contributed by atoms with Crippen molar-refractivity contribution < 1.29 is 8.42 Å². The van der Waals surface area contributed by atoms with E-state index in [1.54, 1.807) is 0 Å². The summed E-state index contributed by atoms with van der Waals surface area (Å²) >= 11 is 0. The van der Waals surface area contributed by atoms with Crippen molar-refractivity contribution in [2.45, 2.75) is 4.90 Å². The van der Waals surface area contributed by atoms with Gasteiger partial charge in [-0.3, -0.25) is 9.78 Å². The zero-order valence-electron chi connectivity index (χ0n) is 8.89. The van der Waals surface area contributed by atoms with Crippen LogP contribution in [0.2, 0.25) is 0 Å². The van der Waals surface area contributed by atoms with Crippen molar-refractivity contribution in [1.29, 1.82) is 0 Å². The van der Waals surface area contributed by atoms with Crippen molar-refractivity contribution in [2.75, 3.05) is 26.2 Å².